The van der Waals surface area contributed by atoms with Crippen molar-refractivity contribution < 1.29 is 14.3 Å². The molecule has 33 heavy (non-hydrogen) atoms. The molecule has 0 bridgehead atoms. The Morgan fingerprint density at radius 1 is 1.03 bits per heavy atom. The van der Waals surface area contributed by atoms with E-state index in [1.807, 2.05) is 31.2 Å². The Kier molecular flexibility index (Phi) is 11.0. The Bertz CT molecular complexity index is 913. The Hall–Kier alpha value is -2.24. The van der Waals surface area contributed by atoms with Crippen LogP contribution in [-0.2, 0) is 16.1 Å². The lowest BCUT2D eigenvalue weighted by molar-refractivity contribution is -0.143. The number of carbonyl (C=O) groups is 2. The molecule has 0 fully saturated rings. The topological polar surface area (TPSA) is 58.6 Å². The van der Waals surface area contributed by atoms with Crippen molar-refractivity contribution in [3.05, 3.63) is 63.6 Å². The third-order valence-electron chi connectivity index (χ3n) is 5.50. The van der Waals surface area contributed by atoms with E-state index in [-0.39, 0.29) is 30.9 Å². The van der Waals surface area contributed by atoms with E-state index in [9.17, 15) is 9.59 Å². The van der Waals surface area contributed by atoms with Crippen LogP contribution in [0, 0.1) is 0 Å². The Morgan fingerprint density at radius 3 is 2.30 bits per heavy atom. The van der Waals surface area contributed by atoms with E-state index in [1.165, 1.54) is 4.90 Å². The first-order valence-corrected chi connectivity index (χ1v) is 12.3. The highest BCUT2D eigenvalue weighted by molar-refractivity contribution is 6.36. The summed E-state index contributed by atoms with van der Waals surface area (Å²) < 4.78 is 5.92. The molecule has 1 N–H and O–H groups in total. The molecule has 2 rings (SSSR count). The average Bonchev–Trinajstić information content (AvgIpc) is 2.79. The van der Waals surface area contributed by atoms with Crippen molar-refractivity contribution in [2.24, 2.45) is 0 Å². The van der Waals surface area contributed by atoms with Gasteiger partial charge in [0.05, 0.1) is 0 Å². The number of rotatable bonds is 12. The molecule has 0 saturated carbocycles. The maximum absolute atomic E-state index is 13.4. The van der Waals surface area contributed by atoms with Gasteiger partial charge in [-0.05, 0) is 42.5 Å². The summed E-state index contributed by atoms with van der Waals surface area (Å²) in [7, 11) is 0. The molecule has 2 amide bonds. The Balaban J connectivity index is 2.29. The molecule has 0 saturated heterocycles. The van der Waals surface area contributed by atoms with Gasteiger partial charge >= 0.3 is 0 Å². The van der Waals surface area contributed by atoms with E-state index in [4.69, 9.17) is 27.9 Å². The standard InChI is InChI=1S/C26H34Cl2N2O3/c1-5-7-15-29-26(32)23(6-2)30(16-20-21(27)12-10-13-22(20)28)25(31)17-33-24-14-9-8-11-19(24)18(3)4/h8-14,18,23H,5-7,15-17H2,1-4H3,(H,29,32)/t23-/m0/s1. The summed E-state index contributed by atoms with van der Waals surface area (Å²) in [6, 6.07) is 12.2. The first kappa shape index (κ1) is 27.0. The molecule has 0 aliphatic carbocycles. The summed E-state index contributed by atoms with van der Waals surface area (Å²) in [6.07, 6.45) is 2.30. The highest BCUT2D eigenvalue weighted by atomic mass is 35.5. The fourth-order valence-corrected chi connectivity index (χ4v) is 4.11. The number of para-hydroxylation sites is 1. The minimum atomic E-state index is -0.661. The third kappa shape index (κ3) is 7.65. The number of hydrogen-bond acceptors (Lipinski definition) is 3. The minimum Gasteiger partial charge on any atom is -0.483 e. The molecule has 5 nitrogen and oxygen atoms in total. The molecule has 0 aliphatic rings. The normalized spacial score (nSPS) is 11.8. The lowest BCUT2D eigenvalue weighted by Gasteiger charge is -2.31. The van der Waals surface area contributed by atoms with Crippen molar-refractivity contribution in [1.82, 2.24) is 10.2 Å². The number of nitrogens with one attached hydrogen (secondary N) is 1. The summed E-state index contributed by atoms with van der Waals surface area (Å²) in [5.41, 5.74) is 1.63. The average molecular weight is 493 g/mol. The van der Waals surface area contributed by atoms with Gasteiger partial charge in [0, 0.05) is 28.7 Å². The second kappa shape index (κ2) is 13.5. The number of unbranched alkanes of at least 4 members (excludes halogenated alkanes) is 1. The molecule has 0 aromatic heterocycles. The van der Waals surface area contributed by atoms with Crippen LogP contribution in [0.5, 0.6) is 5.75 Å². The molecule has 2 aromatic rings. The lowest BCUT2D eigenvalue weighted by atomic mass is 10.0. The fraction of sp³-hybridized carbons (Fsp3) is 0.462. The Labute approximate surface area is 207 Å². The molecular weight excluding hydrogens is 459 g/mol. The van der Waals surface area contributed by atoms with Crippen molar-refractivity contribution in [2.75, 3.05) is 13.2 Å². The minimum absolute atomic E-state index is 0.117. The van der Waals surface area contributed by atoms with Crippen LogP contribution in [0.2, 0.25) is 10.0 Å². The molecule has 0 unspecified atom stereocenters. The van der Waals surface area contributed by atoms with Crippen molar-refractivity contribution in [1.29, 1.82) is 0 Å². The van der Waals surface area contributed by atoms with Gasteiger partial charge in [0.1, 0.15) is 11.8 Å². The van der Waals surface area contributed by atoms with Gasteiger partial charge in [-0.3, -0.25) is 9.59 Å². The predicted molar refractivity (Wildman–Crippen MR) is 135 cm³/mol. The van der Waals surface area contributed by atoms with Gasteiger partial charge in [-0.1, -0.05) is 81.6 Å². The van der Waals surface area contributed by atoms with Gasteiger partial charge in [-0.15, -0.1) is 0 Å². The van der Waals surface area contributed by atoms with Crippen LogP contribution < -0.4 is 10.1 Å². The van der Waals surface area contributed by atoms with Gasteiger partial charge < -0.3 is 15.0 Å². The summed E-state index contributed by atoms with van der Waals surface area (Å²) in [5, 5.41) is 3.85. The summed E-state index contributed by atoms with van der Waals surface area (Å²) in [5.74, 6) is 0.422. The van der Waals surface area contributed by atoms with Crippen LogP contribution in [0.4, 0.5) is 0 Å². The number of benzene rings is 2. The van der Waals surface area contributed by atoms with Crippen molar-refractivity contribution >= 4 is 35.0 Å². The lowest BCUT2D eigenvalue weighted by Crippen LogP contribution is -2.50. The molecule has 0 aliphatic heterocycles. The number of carbonyl (C=O) groups excluding carboxylic acids is 2. The van der Waals surface area contributed by atoms with Gasteiger partial charge in [0.15, 0.2) is 6.61 Å². The van der Waals surface area contributed by atoms with Crippen molar-refractivity contribution in [3.63, 3.8) is 0 Å². The van der Waals surface area contributed by atoms with Gasteiger partial charge in [0.2, 0.25) is 5.91 Å². The third-order valence-corrected chi connectivity index (χ3v) is 6.21. The van der Waals surface area contributed by atoms with Crippen LogP contribution in [-0.4, -0.2) is 35.9 Å². The number of amides is 2. The van der Waals surface area contributed by atoms with E-state index in [1.54, 1.807) is 18.2 Å². The molecular formula is C26H34Cl2N2O3. The highest BCUT2D eigenvalue weighted by Crippen LogP contribution is 2.28. The van der Waals surface area contributed by atoms with Crippen LogP contribution in [0.1, 0.15) is 64.0 Å². The fourth-order valence-electron chi connectivity index (χ4n) is 3.59. The SMILES string of the molecule is CCCCNC(=O)[C@H](CC)N(Cc1c(Cl)cccc1Cl)C(=O)COc1ccccc1C(C)C. The first-order valence-electron chi connectivity index (χ1n) is 11.5. The number of nitrogens with zero attached hydrogens (tertiary/aromatic N) is 1. The number of ether oxygens (including phenoxy) is 1. The molecule has 180 valence electrons. The first-order chi connectivity index (χ1) is 15.8. The largest absolute Gasteiger partial charge is 0.483 e. The van der Waals surface area contributed by atoms with Gasteiger partial charge in [0.25, 0.3) is 5.91 Å². The van der Waals surface area contributed by atoms with E-state index in [0.717, 1.165) is 18.4 Å². The van der Waals surface area contributed by atoms with Crippen LogP contribution in [0.3, 0.4) is 0 Å². The van der Waals surface area contributed by atoms with Gasteiger partial charge in [-0.2, -0.15) is 0 Å². The Morgan fingerprint density at radius 2 is 1.70 bits per heavy atom. The van der Waals surface area contributed by atoms with Crippen LogP contribution >= 0.6 is 23.2 Å². The smallest absolute Gasteiger partial charge is 0.261 e. The van der Waals surface area contributed by atoms with E-state index >= 15 is 0 Å². The zero-order valence-electron chi connectivity index (χ0n) is 19.9. The molecule has 0 spiro atoms. The predicted octanol–water partition coefficient (Wildman–Crippen LogP) is 6.22. The summed E-state index contributed by atoms with van der Waals surface area (Å²) in [6.45, 7) is 8.58. The van der Waals surface area contributed by atoms with E-state index in [2.05, 4.69) is 26.1 Å². The molecule has 0 radical (unpaired) electrons. The number of halogens is 2. The zero-order chi connectivity index (χ0) is 24.4. The quantitative estimate of drug-likeness (QED) is 0.357. The maximum Gasteiger partial charge on any atom is 0.261 e. The van der Waals surface area contributed by atoms with Gasteiger partial charge in [-0.25, -0.2) is 0 Å². The maximum atomic E-state index is 13.4. The zero-order valence-corrected chi connectivity index (χ0v) is 21.4. The van der Waals surface area contributed by atoms with Crippen LogP contribution in [0.25, 0.3) is 0 Å². The monoisotopic (exact) mass is 492 g/mol. The molecule has 7 heteroatoms. The molecule has 0 heterocycles. The summed E-state index contributed by atoms with van der Waals surface area (Å²) >= 11 is 12.8. The summed E-state index contributed by atoms with van der Waals surface area (Å²) in [4.78, 5) is 27.9. The number of hydrogen-bond donors (Lipinski definition) is 1. The van der Waals surface area contributed by atoms with Crippen molar-refractivity contribution in [3.8, 4) is 5.75 Å². The van der Waals surface area contributed by atoms with E-state index in [0.29, 0.717) is 34.3 Å². The second-order valence-corrected chi connectivity index (χ2v) is 9.09. The second-order valence-electron chi connectivity index (χ2n) is 8.27. The highest BCUT2D eigenvalue weighted by Gasteiger charge is 2.30. The van der Waals surface area contributed by atoms with E-state index < -0.39 is 6.04 Å². The molecule has 1 atom stereocenters. The van der Waals surface area contributed by atoms with Crippen molar-refractivity contribution in [2.45, 2.75) is 65.5 Å². The van der Waals surface area contributed by atoms with Crippen LogP contribution in [0.15, 0.2) is 42.5 Å². The molecule has 2 aromatic carbocycles.